The van der Waals surface area contributed by atoms with Gasteiger partial charge in [-0.3, -0.25) is 4.79 Å². The maximum Gasteiger partial charge on any atom is 0.279 e. The van der Waals surface area contributed by atoms with Crippen molar-refractivity contribution in [3.8, 4) is 11.5 Å². The third kappa shape index (κ3) is 4.93. The molecule has 134 valence electrons. The van der Waals surface area contributed by atoms with E-state index in [0.717, 1.165) is 16.0 Å². The van der Waals surface area contributed by atoms with Crippen molar-refractivity contribution >= 4 is 11.6 Å². The van der Waals surface area contributed by atoms with Gasteiger partial charge in [0, 0.05) is 0 Å². The van der Waals surface area contributed by atoms with Crippen LogP contribution in [0.3, 0.4) is 0 Å². The first-order chi connectivity index (χ1) is 11.9. The van der Waals surface area contributed by atoms with E-state index in [0.29, 0.717) is 18.0 Å². The molecule has 0 heterocycles. The summed E-state index contributed by atoms with van der Waals surface area (Å²) in [7, 11) is 5.06. The van der Waals surface area contributed by atoms with Crippen molar-refractivity contribution in [3.63, 3.8) is 0 Å². The first-order valence-electron chi connectivity index (χ1n) is 8.01. The molecule has 0 spiro atoms. The number of amides is 1. The van der Waals surface area contributed by atoms with Crippen molar-refractivity contribution in [3.05, 3.63) is 53.3 Å². The Morgan fingerprint density at radius 1 is 1.20 bits per heavy atom. The van der Waals surface area contributed by atoms with Gasteiger partial charge in [-0.15, -0.1) is 0 Å². The van der Waals surface area contributed by atoms with Crippen LogP contribution in [0, 0.1) is 12.7 Å². The zero-order chi connectivity index (χ0) is 18.4. The second-order valence-electron chi connectivity index (χ2n) is 5.99. The number of carbonyl (C=O) groups excluding carboxylic acids is 1. The van der Waals surface area contributed by atoms with Gasteiger partial charge in [0.1, 0.15) is 12.4 Å². The third-order valence-electron chi connectivity index (χ3n) is 3.84. The van der Waals surface area contributed by atoms with Crippen LogP contribution in [0.1, 0.15) is 11.1 Å². The summed E-state index contributed by atoms with van der Waals surface area (Å²) < 4.78 is 24.5. The highest BCUT2D eigenvalue weighted by molar-refractivity contribution is 5.91. The highest BCUT2D eigenvalue weighted by Crippen LogP contribution is 2.30. The van der Waals surface area contributed by atoms with E-state index in [4.69, 9.17) is 9.47 Å². The SMILES string of the molecule is COc1cccc(C[NH+](C)CC(=O)Nc2ccc(C)cc2F)c1OC. The number of quaternary nitrogens is 1. The number of ether oxygens (including phenoxy) is 2. The zero-order valence-corrected chi connectivity index (χ0v) is 15.0. The number of nitrogens with one attached hydrogen (secondary N) is 2. The molecule has 0 saturated heterocycles. The summed E-state index contributed by atoms with van der Waals surface area (Å²) in [6.45, 7) is 2.58. The molecule has 1 amide bonds. The molecule has 25 heavy (non-hydrogen) atoms. The lowest BCUT2D eigenvalue weighted by molar-refractivity contribution is -0.885. The molecular weight excluding hydrogens is 323 g/mol. The van der Waals surface area contributed by atoms with E-state index in [9.17, 15) is 9.18 Å². The van der Waals surface area contributed by atoms with Crippen LogP contribution >= 0.6 is 0 Å². The second kappa shape index (κ2) is 8.48. The summed E-state index contributed by atoms with van der Waals surface area (Å²) in [5.74, 6) is 0.635. The number of anilines is 1. The number of rotatable bonds is 7. The molecule has 0 bridgehead atoms. The number of methoxy groups -OCH3 is 2. The van der Waals surface area contributed by atoms with Gasteiger partial charge in [0.25, 0.3) is 5.91 Å². The predicted octanol–water partition coefficient (Wildman–Crippen LogP) is 1.80. The Bertz CT molecular complexity index is 749. The largest absolute Gasteiger partial charge is 0.493 e. The molecule has 0 aliphatic carbocycles. The van der Waals surface area contributed by atoms with E-state index in [-0.39, 0.29) is 18.1 Å². The van der Waals surface area contributed by atoms with Crippen LogP contribution in [0.4, 0.5) is 10.1 Å². The zero-order valence-electron chi connectivity index (χ0n) is 15.0. The molecule has 0 aliphatic heterocycles. The molecular formula is C19H24FN2O3+. The lowest BCUT2D eigenvalue weighted by Crippen LogP contribution is -3.08. The summed E-state index contributed by atoms with van der Waals surface area (Å²) in [6.07, 6.45) is 0. The maximum atomic E-state index is 13.8. The van der Waals surface area contributed by atoms with Crippen LogP contribution in [-0.4, -0.2) is 33.7 Å². The quantitative estimate of drug-likeness (QED) is 0.803. The van der Waals surface area contributed by atoms with Gasteiger partial charge in [-0.05, 0) is 36.8 Å². The standard InChI is InChI=1S/C19H23FN2O3/c1-13-8-9-16(15(20)10-13)21-18(23)12-22(2)11-14-6-5-7-17(24-3)19(14)25-4/h5-10H,11-12H2,1-4H3,(H,21,23)/p+1. The van der Waals surface area contributed by atoms with Crippen molar-refractivity contribution in [1.29, 1.82) is 0 Å². The van der Waals surface area contributed by atoms with Gasteiger partial charge in [0.15, 0.2) is 18.0 Å². The van der Waals surface area contributed by atoms with Crippen LogP contribution in [0.15, 0.2) is 36.4 Å². The molecule has 1 unspecified atom stereocenters. The van der Waals surface area contributed by atoms with Crippen molar-refractivity contribution in [2.45, 2.75) is 13.5 Å². The summed E-state index contributed by atoms with van der Waals surface area (Å²) in [6, 6.07) is 10.4. The molecule has 0 radical (unpaired) electrons. The lowest BCUT2D eigenvalue weighted by atomic mass is 10.1. The van der Waals surface area contributed by atoms with E-state index < -0.39 is 5.82 Å². The predicted molar refractivity (Wildman–Crippen MR) is 94.8 cm³/mol. The third-order valence-corrected chi connectivity index (χ3v) is 3.84. The number of halogens is 1. The molecule has 2 aromatic carbocycles. The molecule has 0 saturated carbocycles. The van der Waals surface area contributed by atoms with E-state index >= 15 is 0 Å². The van der Waals surface area contributed by atoms with Crippen LogP contribution in [-0.2, 0) is 11.3 Å². The molecule has 1 atom stereocenters. The monoisotopic (exact) mass is 347 g/mol. The fourth-order valence-electron chi connectivity index (χ4n) is 2.67. The molecule has 2 rings (SSSR count). The van der Waals surface area contributed by atoms with Gasteiger partial charge < -0.3 is 19.7 Å². The Hall–Kier alpha value is -2.60. The van der Waals surface area contributed by atoms with E-state index in [1.54, 1.807) is 33.3 Å². The average molecular weight is 347 g/mol. The first kappa shape index (κ1) is 18.7. The molecule has 5 nitrogen and oxygen atoms in total. The van der Waals surface area contributed by atoms with Gasteiger partial charge in [0.2, 0.25) is 0 Å². The fraction of sp³-hybridized carbons (Fsp3) is 0.316. The number of aryl methyl sites for hydroxylation is 1. The fourth-order valence-corrected chi connectivity index (χ4v) is 2.67. The van der Waals surface area contributed by atoms with E-state index in [1.165, 1.54) is 6.07 Å². The maximum absolute atomic E-state index is 13.8. The van der Waals surface area contributed by atoms with Crippen LogP contribution in [0.25, 0.3) is 0 Å². The molecule has 0 aliphatic rings. The Morgan fingerprint density at radius 2 is 1.96 bits per heavy atom. The first-order valence-corrected chi connectivity index (χ1v) is 8.01. The molecule has 2 aromatic rings. The van der Waals surface area contributed by atoms with Gasteiger partial charge in [-0.1, -0.05) is 12.1 Å². The van der Waals surface area contributed by atoms with Gasteiger partial charge >= 0.3 is 0 Å². The van der Waals surface area contributed by atoms with Crippen LogP contribution in [0.2, 0.25) is 0 Å². The summed E-state index contributed by atoms with van der Waals surface area (Å²) in [5.41, 5.74) is 1.94. The number of para-hydroxylation sites is 1. The molecule has 0 aromatic heterocycles. The van der Waals surface area contributed by atoms with E-state index in [2.05, 4.69) is 5.32 Å². The van der Waals surface area contributed by atoms with Crippen molar-refractivity contribution in [2.24, 2.45) is 0 Å². The molecule has 0 fully saturated rings. The average Bonchev–Trinajstić information content (AvgIpc) is 2.57. The number of hydrogen-bond donors (Lipinski definition) is 2. The highest BCUT2D eigenvalue weighted by Gasteiger charge is 2.16. The Balaban J connectivity index is 2.00. The van der Waals surface area contributed by atoms with Crippen LogP contribution in [0.5, 0.6) is 11.5 Å². The topological polar surface area (TPSA) is 52.0 Å². The Labute approximate surface area is 147 Å². The van der Waals surface area contributed by atoms with Crippen molar-refractivity contribution < 1.29 is 23.6 Å². The Kier molecular flexibility index (Phi) is 6.36. The Morgan fingerprint density at radius 3 is 2.60 bits per heavy atom. The van der Waals surface area contributed by atoms with Gasteiger partial charge in [0.05, 0.1) is 32.5 Å². The molecule has 2 N–H and O–H groups in total. The van der Waals surface area contributed by atoms with Gasteiger partial charge in [-0.25, -0.2) is 4.39 Å². The van der Waals surface area contributed by atoms with Crippen molar-refractivity contribution in [2.75, 3.05) is 33.1 Å². The van der Waals surface area contributed by atoms with Crippen LogP contribution < -0.4 is 19.7 Å². The minimum absolute atomic E-state index is 0.197. The normalized spacial score (nSPS) is 11.7. The number of benzene rings is 2. The molecule has 6 heteroatoms. The highest BCUT2D eigenvalue weighted by atomic mass is 19.1. The number of likely N-dealkylation sites (N-methyl/N-ethyl adjacent to an activating group) is 1. The minimum Gasteiger partial charge on any atom is -0.493 e. The lowest BCUT2D eigenvalue weighted by Gasteiger charge is -2.17. The summed E-state index contributed by atoms with van der Waals surface area (Å²) in [4.78, 5) is 13.1. The second-order valence-corrected chi connectivity index (χ2v) is 5.99. The van der Waals surface area contributed by atoms with E-state index in [1.807, 2.05) is 25.2 Å². The van der Waals surface area contributed by atoms with Crippen molar-refractivity contribution in [1.82, 2.24) is 0 Å². The van der Waals surface area contributed by atoms with Gasteiger partial charge in [-0.2, -0.15) is 0 Å². The summed E-state index contributed by atoms with van der Waals surface area (Å²) in [5, 5.41) is 2.61. The smallest absolute Gasteiger partial charge is 0.279 e. The number of hydrogen-bond acceptors (Lipinski definition) is 3. The summed E-state index contributed by atoms with van der Waals surface area (Å²) >= 11 is 0. The minimum atomic E-state index is -0.430. The number of carbonyl (C=O) groups is 1.